The van der Waals surface area contributed by atoms with Gasteiger partial charge in [-0.25, -0.2) is 10.0 Å². The Kier molecular flexibility index (Phi) is 2.83. The topological polar surface area (TPSA) is 42.4 Å². The molecule has 1 amide bonds. The molecule has 0 bridgehead atoms. The summed E-state index contributed by atoms with van der Waals surface area (Å²) in [4.78, 5) is 20.9. The first-order chi connectivity index (χ1) is 7.72. The van der Waals surface area contributed by atoms with Crippen molar-refractivity contribution in [2.75, 3.05) is 14.2 Å². The number of benzene rings is 1. The lowest BCUT2D eigenvalue weighted by Crippen LogP contribution is -2.26. The number of amides is 1. The lowest BCUT2D eigenvalue weighted by Gasteiger charge is -2.12. The number of nitrogens with zero attached hydrogens (tertiary/aromatic N) is 2. The zero-order valence-electron chi connectivity index (χ0n) is 9.18. The van der Waals surface area contributed by atoms with E-state index in [4.69, 9.17) is 4.84 Å². The second-order valence-electron chi connectivity index (χ2n) is 3.37. The highest BCUT2D eigenvalue weighted by molar-refractivity contribution is 5.94. The van der Waals surface area contributed by atoms with Gasteiger partial charge < -0.3 is 0 Å². The summed E-state index contributed by atoms with van der Waals surface area (Å²) in [6.07, 6.45) is 0. The van der Waals surface area contributed by atoms with Gasteiger partial charge in [0.25, 0.3) is 5.91 Å². The Morgan fingerprint density at radius 3 is 2.75 bits per heavy atom. The number of carbonyl (C=O) groups is 1. The Hall–Kier alpha value is -1.94. The third kappa shape index (κ3) is 1.87. The summed E-state index contributed by atoms with van der Waals surface area (Å²) in [7, 11) is 3.00. The fourth-order valence-electron chi connectivity index (χ4n) is 1.43. The molecular weight excluding hydrogens is 204 g/mol. The van der Waals surface area contributed by atoms with Crippen LogP contribution in [0.2, 0.25) is 0 Å². The average Bonchev–Trinajstić information content (AvgIpc) is 2.36. The standard InChI is InChI=1S/C12H12N2O2/c1-14(16-2)12(15)11-8-7-9-5-3-4-6-10(9)13-11/h3-8H,1-2H3. The molecule has 4 heteroatoms. The van der Waals surface area contributed by atoms with E-state index >= 15 is 0 Å². The van der Waals surface area contributed by atoms with Gasteiger partial charge in [0.15, 0.2) is 0 Å². The van der Waals surface area contributed by atoms with Gasteiger partial charge in [-0.1, -0.05) is 24.3 Å². The van der Waals surface area contributed by atoms with Gasteiger partial charge in [-0.3, -0.25) is 9.63 Å². The van der Waals surface area contributed by atoms with E-state index in [1.807, 2.05) is 30.3 Å². The molecule has 0 aliphatic rings. The van der Waals surface area contributed by atoms with Gasteiger partial charge in [-0.2, -0.15) is 0 Å². The zero-order valence-corrected chi connectivity index (χ0v) is 9.18. The van der Waals surface area contributed by atoms with Crippen molar-refractivity contribution < 1.29 is 9.63 Å². The summed E-state index contributed by atoms with van der Waals surface area (Å²) in [5.74, 6) is -0.256. The van der Waals surface area contributed by atoms with Crippen molar-refractivity contribution in [3.8, 4) is 0 Å². The van der Waals surface area contributed by atoms with Crippen LogP contribution in [0.25, 0.3) is 10.9 Å². The minimum Gasteiger partial charge on any atom is -0.274 e. The van der Waals surface area contributed by atoms with E-state index in [2.05, 4.69) is 4.98 Å². The second kappa shape index (κ2) is 4.28. The summed E-state index contributed by atoms with van der Waals surface area (Å²) in [6, 6.07) is 11.2. The van der Waals surface area contributed by atoms with Crippen molar-refractivity contribution in [2.45, 2.75) is 0 Å². The van der Waals surface area contributed by atoms with Crippen LogP contribution in [0.5, 0.6) is 0 Å². The van der Waals surface area contributed by atoms with Crippen LogP contribution < -0.4 is 0 Å². The molecule has 0 saturated carbocycles. The van der Waals surface area contributed by atoms with Crippen LogP contribution in [0, 0.1) is 0 Å². The Morgan fingerprint density at radius 1 is 1.25 bits per heavy atom. The number of para-hydroxylation sites is 1. The molecule has 2 aromatic rings. The van der Waals surface area contributed by atoms with Crippen LogP contribution >= 0.6 is 0 Å². The minimum absolute atomic E-state index is 0.256. The van der Waals surface area contributed by atoms with Crippen molar-refractivity contribution in [1.29, 1.82) is 0 Å². The summed E-state index contributed by atoms with van der Waals surface area (Å²) >= 11 is 0. The first-order valence-corrected chi connectivity index (χ1v) is 4.90. The van der Waals surface area contributed by atoms with Gasteiger partial charge in [-0.05, 0) is 12.1 Å². The zero-order chi connectivity index (χ0) is 11.5. The molecule has 4 nitrogen and oxygen atoms in total. The fourth-order valence-corrected chi connectivity index (χ4v) is 1.43. The third-order valence-corrected chi connectivity index (χ3v) is 2.38. The van der Waals surface area contributed by atoms with E-state index in [-0.39, 0.29) is 5.91 Å². The summed E-state index contributed by atoms with van der Waals surface area (Å²) in [5.41, 5.74) is 1.18. The predicted molar refractivity (Wildman–Crippen MR) is 60.8 cm³/mol. The number of rotatable bonds is 2. The van der Waals surface area contributed by atoms with Gasteiger partial charge >= 0.3 is 0 Å². The molecule has 0 radical (unpaired) electrons. The number of carbonyl (C=O) groups excluding carboxylic acids is 1. The summed E-state index contributed by atoms with van der Waals surface area (Å²) in [5, 5.41) is 2.16. The first kappa shape index (κ1) is 10.6. The Morgan fingerprint density at radius 2 is 2.00 bits per heavy atom. The monoisotopic (exact) mass is 216 g/mol. The average molecular weight is 216 g/mol. The van der Waals surface area contributed by atoms with E-state index < -0.39 is 0 Å². The van der Waals surface area contributed by atoms with Gasteiger partial charge in [0.1, 0.15) is 5.69 Å². The molecule has 16 heavy (non-hydrogen) atoms. The smallest absolute Gasteiger partial charge is 0.274 e. The minimum atomic E-state index is -0.256. The van der Waals surface area contributed by atoms with Crippen LogP contribution in [-0.4, -0.2) is 30.1 Å². The Bertz CT molecular complexity index is 525. The van der Waals surface area contributed by atoms with Crippen molar-refractivity contribution in [2.24, 2.45) is 0 Å². The Balaban J connectivity index is 2.43. The first-order valence-electron chi connectivity index (χ1n) is 4.90. The maximum atomic E-state index is 11.8. The number of fused-ring (bicyclic) bond motifs is 1. The quantitative estimate of drug-likeness (QED) is 0.720. The molecule has 2 rings (SSSR count). The van der Waals surface area contributed by atoms with Crippen LogP contribution in [0.4, 0.5) is 0 Å². The lowest BCUT2D eigenvalue weighted by molar-refractivity contribution is -0.0760. The normalized spacial score (nSPS) is 10.4. The number of pyridine rings is 1. The van der Waals surface area contributed by atoms with Gasteiger partial charge in [0.05, 0.1) is 12.6 Å². The molecule has 1 heterocycles. The van der Waals surface area contributed by atoms with Crippen LogP contribution in [0.15, 0.2) is 36.4 Å². The lowest BCUT2D eigenvalue weighted by atomic mass is 10.2. The molecule has 1 aromatic carbocycles. The summed E-state index contributed by atoms with van der Waals surface area (Å²) in [6.45, 7) is 0. The number of aromatic nitrogens is 1. The third-order valence-electron chi connectivity index (χ3n) is 2.38. The van der Waals surface area contributed by atoms with Crippen LogP contribution in [0.1, 0.15) is 10.5 Å². The Labute approximate surface area is 93.4 Å². The van der Waals surface area contributed by atoms with Crippen molar-refractivity contribution in [1.82, 2.24) is 10.0 Å². The molecule has 1 aromatic heterocycles. The molecule has 0 aliphatic carbocycles. The van der Waals surface area contributed by atoms with Gasteiger partial charge in [-0.15, -0.1) is 0 Å². The van der Waals surface area contributed by atoms with E-state index in [1.165, 1.54) is 7.11 Å². The highest BCUT2D eigenvalue weighted by Crippen LogP contribution is 2.12. The molecule has 0 saturated heterocycles. The number of hydrogen-bond acceptors (Lipinski definition) is 3. The van der Waals surface area contributed by atoms with Crippen LogP contribution in [-0.2, 0) is 4.84 Å². The number of hydroxylamine groups is 2. The highest BCUT2D eigenvalue weighted by atomic mass is 16.7. The maximum Gasteiger partial charge on any atom is 0.295 e. The molecule has 0 unspecified atom stereocenters. The van der Waals surface area contributed by atoms with Crippen LogP contribution in [0.3, 0.4) is 0 Å². The molecule has 0 aliphatic heterocycles. The van der Waals surface area contributed by atoms with E-state index in [0.29, 0.717) is 5.69 Å². The van der Waals surface area contributed by atoms with Crippen molar-refractivity contribution >= 4 is 16.8 Å². The van der Waals surface area contributed by atoms with E-state index in [9.17, 15) is 4.79 Å². The van der Waals surface area contributed by atoms with E-state index in [1.54, 1.807) is 13.1 Å². The van der Waals surface area contributed by atoms with Gasteiger partial charge in [0, 0.05) is 12.4 Å². The molecule has 0 fully saturated rings. The molecule has 82 valence electrons. The SMILES string of the molecule is CON(C)C(=O)c1ccc2ccccc2n1. The number of hydrogen-bond donors (Lipinski definition) is 0. The fraction of sp³-hybridized carbons (Fsp3) is 0.167. The summed E-state index contributed by atoms with van der Waals surface area (Å²) < 4.78 is 0. The predicted octanol–water partition coefficient (Wildman–Crippen LogP) is 1.87. The highest BCUT2D eigenvalue weighted by Gasteiger charge is 2.12. The molecular formula is C12H12N2O2. The molecule has 0 atom stereocenters. The van der Waals surface area contributed by atoms with E-state index in [0.717, 1.165) is 16.0 Å². The van der Waals surface area contributed by atoms with Gasteiger partial charge in [0.2, 0.25) is 0 Å². The molecule has 0 N–H and O–H groups in total. The maximum absolute atomic E-state index is 11.8. The molecule has 0 spiro atoms. The van der Waals surface area contributed by atoms with Crippen molar-refractivity contribution in [3.05, 3.63) is 42.1 Å². The second-order valence-corrected chi connectivity index (χ2v) is 3.37. The van der Waals surface area contributed by atoms with Crippen molar-refractivity contribution in [3.63, 3.8) is 0 Å². The largest absolute Gasteiger partial charge is 0.295 e.